The molecule has 0 heterocycles. The second-order valence-electron chi connectivity index (χ2n) is 5.30. The molecule has 1 N–H and O–H groups in total. The number of carbonyl (C=O) groups excluding carboxylic acids is 2. The van der Waals surface area contributed by atoms with E-state index in [4.69, 9.17) is 4.74 Å². The van der Waals surface area contributed by atoms with Crippen LogP contribution in [0.3, 0.4) is 0 Å². The van der Waals surface area contributed by atoms with Crippen LogP contribution in [0.25, 0.3) is 0 Å². The van der Waals surface area contributed by atoms with Crippen molar-refractivity contribution in [3.63, 3.8) is 0 Å². The highest BCUT2D eigenvalue weighted by Crippen LogP contribution is 2.26. The van der Waals surface area contributed by atoms with E-state index in [9.17, 15) is 9.59 Å². The van der Waals surface area contributed by atoms with Gasteiger partial charge in [-0.15, -0.1) is 0 Å². The van der Waals surface area contributed by atoms with Gasteiger partial charge >= 0.3 is 0 Å². The molecule has 120 valence electrons. The van der Waals surface area contributed by atoms with Crippen LogP contribution in [0.4, 0.5) is 5.69 Å². The van der Waals surface area contributed by atoms with E-state index >= 15 is 0 Å². The van der Waals surface area contributed by atoms with Gasteiger partial charge in [0, 0.05) is 12.0 Å². The number of aldehydes is 1. The first-order valence-electron chi connectivity index (χ1n) is 7.78. The Hall–Kier alpha value is -2.62. The molecule has 4 heteroatoms. The Morgan fingerprint density at radius 3 is 2.65 bits per heavy atom. The monoisotopic (exact) mass is 311 g/mol. The molecular formula is C19H21NO3. The lowest BCUT2D eigenvalue weighted by Gasteiger charge is -2.13. The van der Waals surface area contributed by atoms with Gasteiger partial charge in [-0.1, -0.05) is 43.7 Å². The maximum absolute atomic E-state index is 11.9. The van der Waals surface area contributed by atoms with Crippen molar-refractivity contribution in [2.75, 3.05) is 5.32 Å². The van der Waals surface area contributed by atoms with E-state index < -0.39 is 0 Å². The number of carbonyl (C=O) groups is 2. The summed E-state index contributed by atoms with van der Waals surface area (Å²) in [7, 11) is 0. The van der Waals surface area contributed by atoms with Crippen LogP contribution in [0.15, 0.2) is 48.5 Å². The molecule has 0 aliphatic rings. The van der Waals surface area contributed by atoms with E-state index in [2.05, 4.69) is 5.32 Å². The number of nitrogens with one attached hydrogen (secondary N) is 1. The lowest BCUT2D eigenvalue weighted by molar-refractivity contribution is -0.116. The first kappa shape index (κ1) is 16.7. The summed E-state index contributed by atoms with van der Waals surface area (Å²) in [4.78, 5) is 22.9. The van der Waals surface area contributed by atoms with Gasteiger partial charge in [-0.3, -0.25) is 9.59 Å². The highest BCUT2D eigenvalue weighted by Gasteiger charge is 2.09. The van der Waals surface area contributed by atoms with Crippen LogP contribution < -0.4 is 10.1 Å². The maximum Gasteiger partial charge on any atom is 0.224 e. The molecule has 2 rings (SSSR count). The third-order valence-corrected chi connectivity index (χ3v) is 3.41. The fourth-order valence-corrected chi connectivity index (χ4v) is 2.13. The molecule has 2 aromatic carbocycles. The average molecular weight is 311 g/mol. The third kappa shape index (κ3) is 5.25. The smallest absolute Gasteiger partial charge is 0.224 e. The second-order valence-corrected chi connectivity index (χ2v) is 5.30. The Morgan fingerprint density at radius 1 is 1.17 bits per heavy atom. The zero-order valence-electron chi connectivity index (χ0n) is 13.2. The van der Waals surface area contributed by atoms with Crippen LogP contribution in [-0.2, 0) is 11.4 Å². The molecule has 0 atom stereocenters. The molecule has 2 aromatic rings. The average Bonchev–Trinajstić information content (AvgIpc) is 2.59. The van der Waals surface area contributed by atoms with Gasteiger partial charge in [-0.05, 0) is 30.2 Å². The molecule has 0 saturated heterocycles. The molecular weight excluding hydrogens is 290 g/mol. The Balaban J connectivity index is 2.10. The van der Waals surface area contributed by atoms with Crippen LogP contribution in [0, 0.1) is 0 Å². The van der Waals surface area contributed by atoms with E-state index in [1.165, 1.54) is 0 Å². The molecule has 23 heavy (non-hydrogen) atoms. The molecule has 0 unspecified atom stereocenters. The van der Waals surface area contributed by atoms with Crippen molar-refractivity contribution >= 4 is 17.9 Å². The molecule has 0 fully saturated rings. The fourth-order valence-electron chi connectivity index (χ4n) is 2.13. The summed E-state index contributed by atoms with van der Waals surface area (Å²) in [6, 6.07) is 14.8. The van der Waals surface area contributed by atoms with Gasteiger partial charge in [0.15, 0.2) is 0 Å². The number of unbranched alkanes of at least 4 members (excludes halogenated alkanes) is 1. The summed E-state index contributed by atoms with van der Waals surface area (Å²) < 4.78 is 5.80. The summed E-state index contributed by atoms with van der Waals surface area (Å²) in [6.07, 6.45) is 3.00. The van der Waals surface area contributed by atoms with Gasteiger partial charge in [-0.2, -0.15) is 0 Å². The van der Waals surface area contributed by atoms with Crippen LogP contribution in [0.2, 0.25) is 0 Å². The number of hydrogen-bond acceptors (Lipinski definition) is 3. The zero-order chi connectivity index (χ0) is 16.5. The minimum absolute atomic E-state index is 0.0699. The summed E-state index contributed by atoms with van der Waals surface area (Å²) >= 11 is 0. The number of ether oxygens (including phenoxy) is 1. The van der Waals surface area contributed by atoms with E-state index in [1.54, 1.807) is 18.2 Å². The van der Waals surface area contributed by atoms with Crippen molar-refractivity contribution in [1.29, 1.82) is 0 Å². The second kappa shape index (κ2) is 8.73. The number of amides is 1. The largest absolute Gasteiger partial charge is 0.487 e. The summed E-state index contributed by atoms with van der Waals surface area (Å²) in [5.74, 6) is 0.490. The minimum Gasteiger partial charge on any atom is -0.487 e. The highest BCUT2D eigenvalue weighted by atomic mass is 16.5. The Kier molecular flexibility index (Phi) is 6.36. The molecule has 0 bridgehead atoms. The quantitative estimate of drug-likeness (QED) is 0.743. The Bertz CT molecular complexity index is 653. The predicted molar refractivity (Wildman–Crippen MR) is 90.8 cm³/mol. The van der Waals surface area contributed by atoms with Gasteiger partial charge in [-0.25, -0.2) is 0 Å². The summed E-state index contributed by atoms with van der Waals surface area (Å²) in [6.45, 7) is 2.44. The number of benzene rings is 2. The third-order valence-electron chi connectivity index (χ3n) is 3.41. The maximum atomic E-state index is 11.9. The molecule has 0 aromatic heterocycles. The Labute approximate surface area is 136 Å². The first-order chi connectivity index (χ1) is 11.2. The highest BCUT2D eigenvalue weighted by molar-refractivity contribution is 5.93. The van der Waals surface area contributed by atoms with Crippen LogP contribution >= 0.6 is 0 Å². The van der Waals surface area contributed by atoms with Gasteiger partial charge in [0.1, 0.15) is 18.6 Å². The van der Waals surface area contributed by atoms with E-state index in [0.29, 0.717) is 30.0 Å². The first-order valence-corrected chi connectivity index (χ1v) is 7.78. The topological polar surface area (TPSA) is 55.4 Å². The normalized spacial score (nSPS) is 10.1. The standard InChI is InChI=1S/C19H21NO3/c1-2-3-9-19(22)20-17-12-16(13-21)10-11-18(17)23-14-15-7-5-4-6-8-15/h4-8,10-13H,2-3,9,14H2,1H3,(H,20,22). The molecule has 4 nitrogen and oxygen atoms in total. The summed E-state index contributed by atoms with van der Waals surface area (Å²) in [5.41, 5.74) is 2.07. The van der Waals surface area contributed by atoms with Crippen molar-refractivity contribution < 1.29 is 14.3 Å². The van der Waals surface area contributed by atoms with Crippen molar-refractivity contribution in [3.8, 4) is 5.75 Å². The van der Waals surface area contributed by atoms with E-state index in [-0.39, 0.29) is 5.91 Å². The number of rotatable bonds is 8. The number of hydrogen-bond donors (Lipinski definition) is 1. The van der Waals surface area contributed by atoms with Gasteiger partial charge in [0.25, 0.3) is 0 Å². The molecule has 1 amide bonds. The van der Waals surface area contributed by atoms with E-state index in [1.807, 2.05) is 37.3 Å². The van der Waals surface area contributed by atoms with Crippen LogP contribution in [0.5, 0.6) is 5.75 Å². The van der Waals surface area contributed by atoms with E-state index in [0.717, 1.165) is 24.7 Å². The molecule has 0 spiro atoms. The lowest BCUT2D eigenvalue weighted by atomic mass is 10.2. The molecule has 0 radical (unpaired) electrons. The zero-order valence-corrected chi connectivity index (χ0v) is 13.2. The van der Waals surface area contributed by atoms with Crippen LogP contribution in [-0.4, -0.2) is 12.2 Å². The number of anilines is 1. The van der Waals surface area contributed by atoms with Gasteiger partial charge in [0.2, 0.25) is 5.91 Å². The minimum atomic E-state index is -0.0699. The molecule has 0 aliphatic carbocycles. The van der Waals surface area contributed by atoms with Gasteiger partial charge in [0.05, 0.1) is 5.69 Å². The summed E-state index contributed by atoms with van der Waals surface area (Å²) in [5, 5.41) is 2.83. The van der Waals surface area contributed by atoms with Crippen molar-refractivity contribution in [2.45, 2.75) is 32.8 Å². The SMILES string of the molecule is CCCCC(=O)Nc1cc(C=O)ccc1OCc1ccccc1. The van der Waals surface area contributed by atoms with Crippen molar-refractivity contribution in [2.24, 2.45) is 0 Å². The van der Waals surface area contributed by atoms with Crippen LogP contribution in [0.1, 0.15) is 42.1 Å². The van der Waals surface area contributed by atoms with Gasteiger partial charge < -0.3 is 10.1 Å². The Morgan fingerprint density at radius 2 is 1.96 bits per heavy atom. The lowest BCUT2D eigenvalue weighted by Crippen LogP contribution is -2.12. The van der Waals surface area contributed by atoms with Crippen molar-refractivity contribution in [3.05, 3.63) is 59.7 Å². The predicted octanol–water partition coefficient (Wildman–Crippen LogP) is 4.21. The molecule has 0 saturated carbocycles. The van der Waals surface area contributed by atoms with Crippen molar-refractivity contribution in [1.82, 2.24) is 0 Å². The molecule has 0 aliphatic heterocycles. The fraction of sp³-hybridized carbons (Fsp3) is 0.263.